The summed E-state index contributed by atoms with van der Waals surface area (Å²) in [7, 11) is 0. The van der Waals surface area contributed by atoms with Crippen molar-refractivity contribution in [3.8, 4) is 34.1 Å². The van der Waals surface area contributed by atoms with Gasteiger partial charge in [-0.3, -0.25) is 4.68 Å². The molecule has 7 rings (SSSR count). The van der Waals surface area contributed by atoms with Crippen LogP contribution in [0, 0.1) is 19.1 Å². The van der Waals surface area contributed by atoms with E-state index in [1.165, 1.54) is 22.3 Å². The number of rotatable bonds is 10. The van der Waals surface area contributed by atoms with Crippen LogP contribution in [0.5, 0.6) is 11.5 Å². The van der Waals surface area contributed by atoms with Crippen LogP contribution in [0.3, 0.4) is 0 Å². The van der Waals surface area contributed by atoms with Crippen molar-refractivity contribution in [2.45, 2.75) is 59.8 Å². The summed E-state index contributed by atoms with van der Waals surface area (Å²) in [5.74, 6) is 2.08. The summed E-state index contributed by atoms with van der Waals surface area (Å²) in [6.07, 6.45) is 11.3. The van der Waals surface area contributed by atoms with Gasteiger partial charge in [0.15, 0.2) is 0 Å². The van der Waals surface area contributed by atoms with Crippen molar-refractivity contribution in [1.29, 1.82) is 0 Å². The number of fused-ring (bicyclic) bond motifs is 3. The third-order valence-corrected chi connectivity index (χ3v) is 8.59. The molecule has 238 valence electrons. The van der Waals surface area contributed by atoms with Gasteiger partial charge < -0.3 is 9.30 Å². The van der Waals surface area contributed by atoms with Crippen molar-refractivity contribution in [2.75, 3.05) is 0 Å². The van der Waals surface area contributed by atoms with Gasteiger partial charge in [0, 0.05) is 35.0 Å². The quantitative estimate of drug-likeness (QED) is 0.130. The van der Waals surface area contributed by atoms with Crippen molar-refractivity contribution in [2.24, 2.45) is 0 Å². The van der Waals surface area contributed by atoms with Gasteiger partial charge in [-0.25, -0.2) is 4.98 Å². The molecule has 0 spiro atoms. The average Bonchev–Trinajstić information content (AvgIpc) is 3.68. The van der Waals surface area contributed by atoms with E-state index in [0.29, 0.717) is 11.5 Å². The molecule has 4 aromatic carbocycles. The van der Waals surface area contributed by atoms with Crippen LogP contribution in [-0.4, -0.2) is 19.3 Å². The van der Waals surface area contributed by atoms with Gasteiger partial charge in [-0.1, -0.05) is 69.5 Å². The number of aryl methyl sites for hydroxylation is 4. The molecule has 47 heavy (non-hydrogen) atoms. The number of hydrogen-bond donors (Lipinski definition) is 0. The minimum absolute atomic E-state index is 0. The number of pyridine rings is 1. The Hall–Kier alpha value is -4.47. The molecule has 0 aliphatic rings. The van der Waals surface area contributed by atoms with E-state index in [1.54, 1.807) is 0 Å². The Morgan fingerprint density at radius 2 is 1.55 bits per heavy atom. The molecule has 3 heterocycles. The zero-order chi connectivity index (χ0) is 31.6. The molecular formula is C41H38N4OPt. The standard InChI is InChI=1S/C41H38N4O.Pt/c1-5-11-30-22-29(7-3)23-31(12-6-2)41(30)32-26-43-44(27-32)33-13-10-14-34(24-33)46-35-17-18-37-36-15-8-9-16-38(36)45(39(37)25-35)40-21-28(4)19-20-42-40;/h8-10,13-23,26-27H,5-7,11-12H2,1-4H3;/q-2;+2. The fourth-order valence-electron chi connectivity index (χ4n) is 6.49. The Morgan fingerprint density at radius 3 is 2.30 bits per heavy atom. The van der Waals surface area contributed by atoms with Crippen molar-refractivity contribution in [3.63, 3.8) is 0 Å². The second-order valence-electron chi connectivity index (χ2n) is 11.9. The first-order valence-corrected chi connectivity index (χ1v) is 16.3. The van der Waals surface area contributed by atoms with Crippen LogP contribution in [0.15, 0.2) is 97.5 Å². The topological polar surface area (TPSA) is 44.9 Å². The van der Waals surface area contributed by atoms with Gasteiger partial charge in [-0.15, -0.1) is 35.7 Å². The molecule has 0 saturated carbocycles. The Morgan fingerprint density at radius 1 is 0.787 bits per heavy atom. The van der Waals surface area contributed by atoms with Crippen molar-refractivity contribution in [3.05, 3.63) is 132 Å². The normalized spacial score (nSPS) is 11.2. The minimum Gasteiger partial charge on any atom is -0.509 e. The van der Waals surface area contributed by atoms with Crippen LogP contribution in [0.25, 0.3) is 44.4 Å². The number of nitrogens with zero attached hydrogens (tertiary/aromatic N) is 4. The van der Waals surface area contributed by atoms with E-state index >= 15 is 0 Å². The number of aromatic nitrogens is 4. The predicted octanol–water partition coefficient (Wildman–Crippen LogP) is 10.2. The Bertz CT molecular complexity index is 2150. The fourth-order valence-corrected chi connectivity index (χ4v) is 6.49. The largest absolute Gasteiger partial charge is 2.00 e. The van der Waals surface area contributed by atoms with E-state index < -0.39 is 0 Å². The number of benzene rings is 4. The van der Waals surface area contributed by atoms with Crippen LogP contribution in [0.2, 0.25) is 0 Å². The van der Waals surface area contributed by atoms with Gasteiger partial charge in [0.05, 0.1) is 6.20 Å². The number of hydrogen-bond acceptors (Lipinski definition) is 3. The first-order chi connectivity index (χ1) is 22.6. The molecular weight excluding hydrogens is 760 g/mol. The summed E-state index contributed by atoms with van der Waals surface area (Å²) in [6, 6.07) is 34.2. The van der Waals surface area contributed by atoms with Gasteiger partial charge in [0.2, 0.25) is 0 Å². The predicted molar refractivity (Wildman–Crippen MR) is 187 cm³/mol. The van der Waals surface area contributed by atoms with Gasteiger partial charge in [-0.2, -0.15) is 17.2 Å². The molecule has 0 unspecified atom stereocenters. The molecule has 0 atom stereocenters. The molecule has 0 aliphatic carbocycles. The summed E-state index contributed by atoms with van der Waals surface area (Å²) >= 11 is 0. The Kier molecular flexibility index (Phi) is 9.75. The molecule has 6 heteroatoms. The van der Waals surface area contributed by atoms with Gasteiger partial charge in [0.25, 0.3) is 0 Å². The van der Waals surface area contributed by atoms with Crippen LogP contribution >= 0.6 is 0 Å². The maximum atomic E-state index is 6.39. The second-order valence-corrected chi connectivity index (χ2v) is 11.9. The fraction of sp³-hybridized carbons (Fsp3) is 0.220. The van der Waals surface area contributed by atoms with E-state index in [0.717, 1.165) is 76.5 Å². The molecule has 7 aromatic rings. The molecule has 0 bridgehead atoms. The van der Waals surface area contributed by atoms with Gasteiger partial charge in [-0.05, 0) is 83.3 Å². The van der Waals surface area contributed by atoms with Crippen LogP contribution in [-0.2, 0) is 40.3 Å². The molecule has 0 aliphatic heterocycles. The Labute approximate surface area is 291 Å². The summed E-state index contributed by atoms with van der Waals surface area (Å²) in [5.41, 5.74) is 10.7. The van der Waals surface area contributed by atoms with Gasteiger partial charge >= 0.3 is 21.1 Å². The third kappa shape index (κ3) is 6.42. The van der Waals surface area contributed by atoms with Crippen molar-refractivity contribution < 1.29 is 25.8 Å². The maximum Gasteiger partial charge on any atom is 2.00 e. The molecule has 0 amide bonds. The third-order valence-electron chi connectivity index (χ3n) is 8.59. The first-order valence-electron chi connectivity index (χ1n) is 16.3. The molecule has 0 fully saturated rings. The Balaban J connectivity index is 0.00000386. The second kappa shape index (κ2) is 14.1. The summed E-state index contributed by atoms with van der Waals surface area (Å²) in [6.45, 7) is 8.82. The molecule has 3 aromatic heterocycles. The van der Waals surface area contributed by atoms with Crippen LogP contribution in [0.1, 0.15) is 55.9 Å². The summed E-state index contributed by atoms with van der Waals surface area (Å²) in [5, 5.41) is 7.04. The molecule has 0 radical (unpaired) electrons. The first kappa shape index (κ1) is 32.5. The summed E-state index contributed by atoms with van der Waals surface area (Å²) in [4.78, 5) is 4.69. The average molecular weight is 798 g/mol. The van der Waals surface area contributed by atoms with E-state index in [2.05, 4.69) is 99.1 Å². The van der Waals surface area contributed by atoms with Crippen LogP contribution < -0.4 is 4.74 Å². The summed E-state index contributed by atoms with van der Waals surface area (Å²) < 4.78 is 10.4. The van der Waals surface area contributed by atoms with Gasteiger partial charge in [0.1, 0.15) is 5.82 Å². The SMILES string of the molecule is CCCc1cc(CC)cc(CCC)c1-c1cnn(-c2[c-]c(Oc3[c-]c4c(cc3)c3ccccc3n4-c3cc(C)ccn3)ccc2)c1.[Pt+2]. The zero-order valence-corrected chi connectivity index (χ0v) is 29.6. The minimum atomic E-state index is 0. The smallest absolute Gasteiger partial charge is 0.509 e. The molecule has 5 nitrogen and oxygen atoms in total. The van der Waals surface area contributed by atoms with E-state index in [4.69, 9.17) is 14.8 Å². The van der Waals surface area contributed by atoms with E-state index in [1.807, 2.05) is 47.4 Å². The monoisotopic (exact) mass is 797 g/mol. The molecule has 0 saturated heterocycles. The van der Waals surface area contributed by atoms with Crippen molar-refractivity contribution in [1.82, 2.24) is 19.3 Å². The van der Waals surface area contributed by atoms with Crippen molar-refractivity contribution >= 4 is 21.8 Å². The zero-order valence-electron chi connectivity index (χ0n) is 27.3. The number of ether oxygens (including phenoxy) is 1. The molecule has 0 N–H and O–H groups in total. The van der Waals surface area contributed by atoms with E-state index in [9.17, 15) is 0 Å². The van der Waals surface area contributed by atoms with Crippen LogP contribution in [0.4, 0.5) is 0 Å². The number of para-hydroxylation sites is 1. The maximum absolute atomic E-state index is 6.39. The van der Waals surface area contributed by atoms with E-state index in [-0.39, 0.29) is 21.1 Å².